The van der Waals surface area contributed by atoms with Gasteiger partial charge in [0.2, 0.25) is 0 Å². The zero-order valence-corrected chi connectivity index (χ0v) is 5.28. The summed E-state index contributed by atoms with van der Waals surface area (Å²) < 4.78 is 0. The number of hydrogen-bond acceptors (Lipinski definition) is 2. The summed E-state index contributed by atoms with van der Waals surface area (Å²) in [5.74, 6) is 0.764. The summed E-state index contributed by atoms with van der Waals surface area (Å²) >= 11 is 0. The zero-order chi connectivity index (χ0) is 6.53. The van der Waals surface area contributed by atoms with Gasteiger partial charge in [-0.1, -0.05) is 6.08 Å². The molecule has 0 radical (unpaired) electrons. The summed E-state index contributed by atoms with van der Waals surface area (Å²) in [6.45, 7) is 1.94. The molecule has 0 aromatic carbocycles. The summed E-state index contributed by atoms with van der Waals surface area (Å²) in [5, 5.41) is 0. The van der Waals surface area contributed by atoms with Crippen LogP contribution < -0.4 is 0 Å². The van der Waals surface area contributed by atoms with Gasteiger partial charge in [0.15, 0.2) is 5.82 Å². The average Bonchev–Trinajstić information content (AvgIpc) is 1.91. The summed E-state index contributed by atoms with van der Waals surface area (Å²) in [6.07, 6.45) is 7.22. The monoisotopic (exact) mass is 120 g/mol. The van der Waals surface area contributed by atoms with E-state index >= 15 is 0 Å². The molecule has 0 saturated heterocycles. The van der Waals surface area contributed by atoms with Gasteiger partial charge in [0, 0.05) is 12.4 Å². The molecule has 0 aliphatic rings. The topological polar surface area (TPSA) is 25.8 Å². The number of rotatable bonds is 1. The van der Waals surface area contributed by atoms with E-state index in [1.165, 1.54) is 0 Å². The van der Waals surface area contributed by atoms with Crippen LogP contribution in [0.2, 0.25) is 0 Å². The normalized spacial score (nSPS) is 10.3. The third-order valence-electron chi connectivity index (χ3n) is 0.901. The molecule has 9 heavy (non-hydrogen) atoms. The van der Waals surface area contributed by atoms with Gasteiger partial charge in [-0.2, -0.15) is 0 Å². The first-order valence-corrected chi connectivity index (χ1v) is 2.83. The van der Waals surface area contributed by atoms with E-state index in [0.717, 1.165) is 5.82 Å². The van der Waals surface area contributed by atoms with Crippen molar-refractivity contribution in [3.8, 4) is 0 Å². The molecule has 0 unspecified atom stereocenters. The standard InChI is InChI=1S/C7H8N2/c1-2-4-7-8-5-3-6-9-7/h2-6H,1H3/b4-2+. The van der Waals surface area contributed by atoms with Crippen LogP contribution in [0.15, 0.2) is 24.5 Å². The van der Waals surface area contributed by atoms with Gasteiger partial charge >= 0.3 is 0 Å². The number of hydrogen-bond donors (Lipinski definition) is 0. The molecule has 1 aromatic rings. The van der Waals surface area contributed by atoms with Crippen LogP contribution in [0.1, 0.15) is 12.7 Å². The molecule has 1 heterocycles. The van der Waals surface area contributed by atoms with E-state index in [1.807, 2.05) is 19.1 Å². The Hall–Kier alpha value is -1.18. The van der Waals surface area contributed by atoms with E-state index in [4.69, 9.17) is 0 Å². The molecule has 2 heteroatoms. The van der Waals surface area contributed by atoms with Gasteiger partial charge < -0.3 is 0 Å². The highest BCUT2D eigenvalue weighted by molar-refractivity contribution is 5.37. The number of nitrogens with zero attached hydrogens (tertiary/aromatic N) is 2. The van der Waals surface area contributed by atoms with Gasteiger partial charge in [-0.05, 0) is 19.1 Å². The van der Waals surface area contributed by atoms with Gasteiger partial charge in [-0.25, -0.2) is 9.97 Å². The first kappa shape index (κ1) is 5.95. The van der Waals surface area contributed by atoms with Crippen molar-refractivity contribution in [2.75, 3.05) is 0 Å². The third-order valence-corrected chi connectivity index (χ3v) is 0.901. The van der Waals surface area contributed by atoms with Gasteiger partial charge in [-0.3, -0.25) is 0 Å². The smallest absolute Gasteiger partial charge is 0.151 e. The highest BCUT2D eigenvalue weighted by atomic mass is 14.8. The Morgan fingerprint density at radius 2 is 2.00 bits per heavy atom. The molecular formula is C7H8N2. The molecule has 0 amide bonds. The Morgan fingerprint density at radius 3 is 2.56 bits per heavy atom. The minimum atomic E-state index is 0.764. The molecule has 0 fully saturated rings. The second-order valence-corrected chi connectivity index (χ2v) is 1.61. The van der Waals surface area contributed by atoms with Crippen molar-refractivity contribution in [3.63, 3.8) is 0 Å². The lowest BCUT2D eigenvalue weighted by Crippen LogP contribution is -1.81. The Labute approximate surface area is 54.3 Å². The Kier molecular flexibility index (Phi) is 1.96. The van der Waals surface area contributed by atoms with E-state index in [0.29, 0.717) is 0 Å². The third kappa shape index (κ3) is 1.64. The van der Waals surface area contributed by atoms with E-state index in [-0.39, 0.29) is 0 Å². The van der Waals surface area contributed by atoms with Crippen LogP contribution in [-0.2, 0) is 0 Å². The van der Waals surface area contributed by atoms with Crippen LogP contribution in [0.3, 0.4) is 0 Å². The highest BCUT2D eigenvalue weighted by Crippen LogP contribution is 1.88. The van der Waals surface area contributed by atoms with Gasteiger partial charge in [0.25, 0.3) is 0 Å². The van der Waals surface area contributed by atoms with Crippen LogP contribution >= 0.6 is 0 Å². The molecule has 0 saturated carbocycles. The van der Waals surface area contributed by atoms with Crippen LogP contribution in [0.5, 0.6) is 0 Å². The zero-order valence-electron chi connectivity index (χ0n) is 5.28. The van der Waals surface area contributed by atoms with Crippen LogP contribution in [0.25, 0.3) is 6.08 Å². The molecule has 0 aliphatic heterocycles. The van der Waals surface area contributed by atoms with Crippen molar-refractivity contribution in [3.05, 3.63) is 30.4 Å². The van der Waals surface area contributed by atoms with Gasteiger partial charge in [0.1, 0.15) is 0 Å². The largest absolute Gasteiger partial charge is 0.237 e. The Morgan fingerprint density at radius 1 is 1.33 bits per heavy atom. The lowest BCUT2D eigenvalue weighted by atomic mass is 10.5. The van der Waals surface area contributed by atoms with Crippen molar-refractivity contribution in [2.45, 2.75) is 6.92 Å². The first-order chi connectivity index (χ1) is 4.43. The first-order valence-electron chi connectivity index (χ1n) is 2.83. The van der Waals surface area contributed by atoms with Crippen LogP contribution in [0.4, 0.5) is 0 Å². The molecule has 1 rings (SSSR count). The quantitative estimate of drug-likeness (QED) is 0.561. The average molecular weight is 120 g/mol. The van der Waals surface area contributed by atoms with Gasteiger partial charge in [-0.15, -0.1) is 0 Å². The fourth-order valence-electron chi connectivity index (χ4n) is 0.546. The van der Waals surface area contributed by atoms with Crippen molar-refractivity contribution in [1.29, 1.82) is 0 Å². The van der Waals surface area contributed by atoms with E-state index in [2.05, 4.69) is 9.97 Å². The SMILES string of the molecule is C/C=C/c1ncccn1. The van der Waals surface area contributed by atoms with Crippen molar-refractivity contribution < 1.29 is 0 Å². The Bertz CT molecular complexity index is 191. The summed E-state index contributed by atoms with van der Waals surface area (Å²) in [5.41, 5.74) is 0. The predicted octanol–water partition coefficient (Wildman–Crippen LogP) is 1.51. The minimum Gasteiger partial charge on any atom is -0.237 e. The van der Waals surface area contributed by atoms with Crippen LogP contribution in [-0.4, -0.2) is 9.97 Å². The van der Waals surface area contributed by atoms with E-state index < -0.39 is 0 Å². The lowest BCUT2D eigenvalue weighted by molar-refractivity contribution is 1.13. The molecule has 0 aliphatic carbocycles. The molecule has 0 atom stereocenters. The maximum Gasteiger partial charge on any atom is 0.151 e. The summed E-state index contributed by atoms with van der Waals surface area (Å²) in [7, 11) is 0. The predicted molar refractivity (Wildman–Crippen MR) is 36.7 cm³/mol. The van der Waals surface area contributed by atoms with Gasteiger partial charge in [0.05, 0.1) is 0 Å². The fraction of sp³-hybridized carbons (Fsp3) is 0.143. The summed E-state index contributed by atoms with van der Waals surface area (Å²) in [4.78, 5) is 7.94. The summed E-state index contributed by atoms with van der Waals surface area (Å²) in [6, 6.07) is 1.80. The lowest BCUT2D eigenvalue weighted by Gasteiger charge is -1.85. The molecule has 46 valence electrons. The van der Waals surface area contributed by atoms with Crippen molar-refractivity contribution >= 4 is 6.08 Å². The fourth-order valence-corrected chi connectivity index (χ4v) is 0.546. The van der Waals surface area contributed by atoms with Crippen molar-refractivity contribution in [2.24, 2.45) is 0 Å². The molecule has 0 spiro atoms. The number of allylic oxidation sites excluding steroid dienone is 1. The highest BCUT2D eigenvalue weighted by Gasteiger charge is 1.80. The Balaban J connectivity index is 2.85. The minimum absolute atomic E-state index is 0.764. The molecular weight excluding hydrogens is 112 g/mol. The molecule has 1 aromatic heterocycles. The number of aromatic nitrogens is 2. The maximum atomic E-state index is 3.97. The molecule has 0 N–H and O–H groups in total. The second-order valence-electron chi connectivity index (χ2n) is 1.61. The van der Waals surface area contributed by atoms with Crippen molar-refractivity contribution in [1.82, 2.24) is 9.97 Å². The van der Waals surface area contributed by atoms with E-state index in [1.54, 1.807) is 18.5 Å². The molecule has 2 nitrogen and oxygen atoms in total. The maximum absolute atomic E-state index is 3.97. The second kappa shape index (κ2) is 2.97. The van der Waals surface area contributed by atoms with E-state index in [9.17, 15) is 0 Å². The van der Waals surface area contributed by atoms with Crippen LogP contribution in [0, 0.1) is 0 Å². The molecule has 0 bridgehead atoms.